The van der Waals surface area contributed by atoms with Gasteiger partial charge in [-0.3, -0.25) is 14.6 Å². The third kappa shape index (κ3) is 2.80. The van der Waals surface area contributed by atoms with Gasteiger partial charge in [0.05, 0.1) is 0 Å². The van der Waals surface area contributed by atoms with Gasteiger partial charge in [-0.1, -0.05) is 12.8 Å². The van der Waals surface area contributed by atoms with Gasteiger partial charge in [-0.05, 0) is 52.0 Å². The molecule has 3 amide bonds. The first-order chi connectivity index (χ1) is 9.99. The van der Waals surface area contributed by atoms with Crippen LogP contribution in [-0.4, -0.2) is 53.0 Å². The van der Waals surface area contributed by atoms with Crippen molar-refractivity contribution in [3.8, 4) is 0 Å². The van der Waals surface area contributed by atoms with Gasteiger partial charge in [0.15, 0.2) is 0 Å². The fourth-order valence-electron chi connectivity index (χ4n) is 4.25. The van der Waals surface area contributed by atoms with Gasteiger partial charge in [0.2, 0.25) is 0 Å². The summed E-state index contributed by atoms with van der Waals surface area (Å²) in [6, 6.07) is 0.448. The van der Waals surface area contributed by atoms with E-state index < -0.39 is 5.54 Å². The van der Waals surface area contributed by atoms with E-state index in [4.69, 9.17) is 0 Å². The minimum atomic E-state index is -0.744. The van der Waals surface area contributed by atoms with Crippen LogP contribution < -0.4 is 5.32 Å². The SMILES string of the molecule is CC1(C)NC(=O)N(CCN2CCC[C@H]3CCCC[C@@H]32)C1=O. The third-order valence-electron chi connectivity index (χ3n) is 5.41. The molecule has 21 heavy (non-hydrogen) atoms. The van der Waals surface area contributed by atoms with Crippen LogP contribution in [0.5, 0.6) is 0 Å². The molecule has 5 heteroatoms. The highest BCUT2D eigenvalue weighted by molar-refractivity contribution is 6.06. The van der Waals surface area contributed by atoms with Crippen molar-refractivity contribution in [3.63, 3.8) is 0 Å². The summed E-state index contributed by atoms with van der Waals surface area (Å²) in [5.74, 6) is 0.747. The third-order valence-corrected chi connectivity index (χ3v) is 5.41. The van der Waals surface area contributed by atoms with Gasteiger partial charge in [-0.25, -0.2) is 4.79 Å². The standard InChI is InChI=1S/C16H27N3O2/c1-16(2)14(20)19(15(21)17-16)11-10-18-9-5-7-12-6-3-4-8-13(12)18/h12-13H,3-11H2,1-2H3,(H,17,21)/t12-,13+/m1/s1. The van der Waals surface area contributed by atoms with Crippen LogP contribution in [0.15, 0.2) is 0 Å². The van der Waals surface area contributed by atoms with Crippen LogP contribution in [0.1, 0.15) is 52.4 Å². The molecule has 0 bridgehead atoms. The van der Waals surface area contributed by atoms with Crippen LogP contribution in [0.2, 0.25) is 0 Å². The largest absolute Gasteiger partial charge is 0.325 e. The molecule has 2 atom stereocenters. The zero-order valence-electron chi connectivity index (χ0n) is 13.2. The van der Waals surface area contributed by atoms with Crippen molar-refractivity contribution in [2.45, 2.75) is 64.0 Å². The second kappa shape index (κ2) is 5.59. The van der Waals surface area contributed by atoms with Crippen molar-refractivity contribution < 1.29 is 9.59 Å². The number of likely N-dealkylation sites (tertiary alicyclic amines) is 1. The molecule has 0 aromatic carbocycles. The van der Waals surface area contributed by atoms with Crippen LogP contribution in [0.3, 0.4) is 0 Å². The lowest BCUT2D eigenvalue weighted by Gasteiger charge is -2.44. The first-order valence-electron chi connectivity index (χ1n) is 8.37. The lowest BCUT2D eigenvalue weighted by Crippen LogP contribution is -2.50. The first kappa shape index (κ1) is 14.8. The number of hydrogen-bond acceptors (Lipinski definition) is 3. The van der Waals surface area contributed by atoms with Gasteiger partial charge in [0.1, 0.15) is 5.54 Å². The van der Waals surface area contributed by atoms with E-state index in [-0.39, 0.29) is 11.9 Å². The summed E-state index contributed by atoms with van der Waals surface area (Å²) in [6.07, 6.45) is 7.96. The second-order valence-electron chi connectivity index (χ2n) is 7.30. The van der Waals surface area contributed by atoms with Crippen molar-refractivity contribution in [1.29, 1.82) is 0 Å². The molecule has 1 saturated carbocycles. The number of carbonyl (C=O) groups excluding carboxylic acids is 2. The molecule has 0 aromatic rings. The molecule has 2 heterocycles. The Kier molecular flexibility index (Phi) is 3.95. The summed E-state index contributed by atoms with van der Waals surface area (Å²) in [5.41, 5.74) is -0.744. The Labute approximate surface area is 127 Å². The molecule has 0 unspecified atom stereocenters. The number of imide groups is 1. The molecule has 3 aliphatic rings. The zero-order valence-corrected chi connectivity index (χ0v) is 13.2. The predicted octanol–water partition coefficient (Wildman–Crippen LogP) is 1.97. The van der Waals surface area contributed by atoms with Crippen LogP contribution in [0.25, 0.3) is 0 Å². The lowest BCUT2D eigenvalue weighted by molar-refractivity contribution is -0.130. The van der Waals surface area contributed by atoms with Crippen LogP contribution in [0.4, 0.5) is 4.79 Å². The van der Waals surface area contributed by atoms with E-state index in [9.17, 15) is 9.59 Å². The van der Waals surface area contributed by atoms with Gasteiger partial charge in [0, 0.05) is 19.1 Å². The molecule has 118 valence electrons. The van der Waals surface area contributed by atoms with E-state index in [1.165, 1.54) is 43.4 Å². The molecular weight excluding hydrogens is 266 g/mol. The normalized spacial score (nSPS) is 33.0. The van der Waals surface area contributed by atoms with E-state index in [2.05, 4.69) is 10.2 Å². The highest BCUT2D eigenvalue weighted by Gasteiger charge is 2.44. The van der Waals surface area contributed by atoms with Gasteiger partial charge >= 0.3 is 6.03 Å². The lowest BCUT2D eigenvalue weighted by atomic mass is 9.78. The Balaban J connectivity index is 1.59. The summed E-state index contributed by atoms with van der Waals surface area (Å²) >= 11 is 0. The molecule has 2 aliphatic heterocycles. The quantitative estimate of drug-likeness (QED) is 0.809. The fourth-order valence-corrected chi connectivity index (χ4v) is 4.25. The number of urea groups is 1. The summed E-state index contributed by atoms with van der Waals surface area (Å²) < 4.78 is 0. The monoisotopic (exact) mass is 293 g/mol. The number of amides is 3. The Morgan fingerprint density at radius 1 is 1.10 bits per heavy atom. The maximum Gasteiger partial charge on any atom is 0.325 e. The molecule has 0 radical (unpaired) electrons. The minimum absolute atomic E-state index is 0.0929. The van der Waals surface area contributed by atoms with Crippen molar-refractivity contribution >= 4 is 11.9 Å². The van der Waals surface area contributed by atoms with Gasteiger partial charge < -0.3 is 5.32 Å². The Bertz CT molecular complexity index is 433. The minimum Gasteiger partial charge on any atom is -0.324 e. The summed E-state index contributed by atoms with van der Waals surface area (Å²) in [4.78, 5) is 28.1. The molecule has 0 aromatic heterocycles. The maximum atomic E-state index is 12.2. The van der Waals surface area contributed by atoms with Gasteiger partial charge in [-0.15, -0.1) is 0 Å². The Morgan fingerprint density at radius 3 is 2.52 bits per heavy atom. The van der Waals surface area contributed by atoms with Crippen LogP contribution in [-0.2, 0) is 4.79 Å². The molecule has 5 nitrogen and oxygen atoms in total. The Hall–Kier alpha value is -1.10. The number of nitrogens with zero attached hydrogens (tertiary/aromatic N) is 2. The first-order valence-corrected chi connectivity index (χ1v) is 8.37. The van der Waals surface area contributed by atoms with Gasteiger partial charge in [0.25, 0.3) is 5.91 Å². The number of carbonyl (C=O) groups is 2. The number of fused-ring (bicyclic) bond motifs is 1. The van der Waals surface area contributed by atoms with Crippen LogP contribution in [0, 0.1) is 5.92 Å². The molecular formula is C16H27N3O2. The molecule has 0 spiro atoms. The van der Waals surface area contributed by atoms with E-state index in [0.717, 1.165) is 19.0 Å². The van der Waals surface area contributed by atoms with Crippen molar-refractivity contribution in [2.75, 3.05) is 19.6 Å². The summed E-state index contributed by atoms with van der Waals surface area (Å²) in [7, 11) is 0. The molecule has 3 rings (SSSR count). The van der Waals surface area contributed by atoms with E-state index in [1.807, 2.05) is 0 Å². The average molecular weight is 293 g/mol. The van der Waals surface area contributed by atoms with Crippen molar-refractivity contribution in [1.82, 2.24) is 15.1 Å². The number of piperidine rings is 1. The average Bonchev–Trinajstić information content (AvgIpc) is 2.65. The molecule has 1 aliphatic carbocycles. The van der Waals surface area contributed by atoms with Crippen LogP contribution >= 0.6 is 0 Å². The Morgan fingerprint density at radius 2 is 1.81 bits per heavy atom. The maximum absolute atomic E-state index is 12.2. The zero-order chi connectivity index (χ0) is 15.0. The van der Waals surface area contributed by atoms with Crippen molar-refractivity contribution in [3.05, 3.63) is 0 Å². The van der Waals surface area contributed by atoms with E-state index in [0.29, 0.717) is 12.6 Å². The van der Waals surface area contributed by atoms with Gasteiger partial charge in [-0.2, -0.15) is 0 Å². The smallest absolute Gasteiger partial charge is 0.324 e. The summed E-state index contributed by atoms with van der Waals surface area (Å²) in [6.45, 7) is 6.01. The topological polar surface area (TPSA) is 52.7 Å². The molecule has 2 saturated heterocycles. The fraction of sp³-hybridized carbons (Fsp3) is 0.875. The number of rotatable bonds is 3. The summed E-state index contributed by atoms with van der Waals surface area (Å²) in [5, 5.41) is 2.76. The highest BCUT2D eigenvalue weighted by atomic mass is 16.2. The number of hydrogen-bond donors (Lipinski definition) is 1. The second-order valence-corrected chi connectivity index (χ2v) is 7.30. The van der Waals surface area contributed by atoms with Crippen molar-refractivity contribution in [2.24, 2.45) is 5.92 Å². The molecule has 1 N–H and O–H groups in total. The highest BCUT2D eigenvalue weighted by Crippen LogP contribution is 2.35. The van der Waals surface area contributed by atoms with E-state index >= 15 is 0 Å². The predicted molar refractivity (Wildman–Crippen MR) is 80.9 cm³/mol. The van der Waals surface area contributed by atoms with E-state index in [1.54, 1.807) is 13.8 Å². The molecule has 3 fully saturated rings. The number of nitrogens with one attached hydrogen (secondary N) is 1.